The molecule has 140 valence electrons. The molecule has 1 aliphatic heterocycles. The highest BCUT2D eigenvalue weighted by molar-refractivity contribution is 9.10. The van der Waals surface area contributed by atoms with E-state index in [-0.39, 0.29) is 5.91 Å². The molecule has 7 heteroatoms. The predicted octanol–water partition coefficient (Wildman–Crippen LogP) is 5.09. The summed E-state index contributed by atoms with van der Waals surface area (Å²) in [4.78, 5) is 19.7. The number of carbonyl (C=O) groups is 1. The van der Waals surface area contributed by atoms with Gasteiger partial charge in [0.15, 0.2) is 5.17 Å². The standard InChI is InChI=1S/C20H19BrN2O3S/c1-4-23-19(24)18(12-13-11-14(21)5-10-17(13)26-3)27-20(23)22-15-6-8-16(25-2)9-7-15/h5-12H,4H2,1-3H3/b18-12-,22-20?. The third kappa shape index (κ3) is 4.36. The van der Waals surface area contributed by atoms with Crippen molar-refractivity contribution in [3.8, 4) is 11.5 Å². The SMILES string of the molecule is CCN1C(=O)/C(=C/c2cc(Br)ccc2OC)SC1=Nc1ccc(OC)cc1. The summed E-state index contributed by atoms with van der Waals surface area (Å²) in [6.07, 6.45) is 1.84. The zero-order valence-electron chi connectivity index (χ0n) is 15.2. The Morgan fingerprint density at radius 1 is 1.15 bits per heavy atom. The fourth-order valence-electron chi connectivity index (χ4n) is 2.60. The molecule has 1 amide bonds. The normalized spacial score (nSPS) is 17.0. The molecule has 2 aromatic carbocycles. The van der Waals surface area contributed by atoms with Crippen molar-refractivity contribution < 1.29 is 14.3 Å². The smallest absolute Gasteiger partial charge is 0.266 e. The van der Waals surface area contributed by atoms with E-state index in [1.807, 2.05) is 55.5 Å². The first-order valence-corrected chi connectivity index (χ1v) is 9.94. The van der Waals surface area contributed by atoms with E-state index < -0.39 is 0 Å². The van der Waals surface area contributed by atoms with Crippen molar-refractivity contribution in [2.45, 2.75) is 6.92 Å². The quantitative estimate of drug-likeness (QED) is 0.600. The maximum atomic E-state index is 12.8. The molecule has 3 rings (SSSR count). The molecule has 2 aromatic rings. The number of hydrogen-bond donors (Lipinski definition) is 0. The van der Waals surface area contributed by atoms with Crippen molar-refractivity contribution in [3.05, 3.63) is 57.4 Å². The highest BCUT2D eigenvalue weighted by Crippen LogP contribution is 2.36. The molecule has 5 nitrogen and oxygen atoms in total. The first kappa shape index (κ1) is 19.5. The minimum Gasteiger partial charge on any atom is -0.497 e. The fourth-order valence-corrected chi connectivity index (χ4v) is 4.03. The number of benzene rings is 2. The Kier molecular flexibility index (Phi) is 6.23. The molecule has 0 spiro atoms. The number of methoxy groups -OCH3 is 2. The summed E-state index contributed by atoms with van der Waals surface area (Å²) < 4.78 is 11.5. The van der Waals surface area contributed by atoms with Gasteiger partial charge in [-0.05, 0) is 67.2 Å². The van der Waals surface area contributed by atoms with Crippen LogP contribution in [0.25, 0.3) is 6.08 Å². The van der Waals surface area contributed by atoms with Crippen molar-refractivity contribution in [1.82, 2.24) is 4.90 Å². The van der Waals surface area contributed by atoms with Gasteiger partial charge in [-0.1, -0.05) is 15.9 Å². The predicted molar refractivity (Wildman–Crippen MR) is 114 cm³/mol. The molecular weight excluding hydrogens is 428 g/mol. The Balaban J connectivity index is 1.94. The molecule has 27 heavy (non-hydrogen) atoms. The Hall–Kier alpha value is -2.25. The zero-order chi connectivity index (χ0) is 19.4. The third-order valence-corrected chi connectivity index (χ3v) is 5.48. The monoisotopic (exact) mass is 446 g/mol. The summed E-state index contributed by atoms with van der Waals surface area (Å²) in [5.41, 5.74) is 1.61. The van der Waals surface area contributed by atoms with Gasteiger partial charge >= 0.3 is 0 Å². The highest BCUT2D eigenvalue weighted by atomic mass is 79.9. The molecule has 1 fully saturated rings. The van der Waals surface area contributed by atoms with Crippen LogP contribution in [0.1, 0.15) is 12.5 Å². The van der Waals surface area contributed by atoms with Gasteiger partial charge in [-0.25, -0.2) is 4.99 Å². The van der Waals surface area contributed by atoms with Crippen LogP contribution in [0.3, 0.4) is 0 Å². The summed E-state index contributed by atoms with van der Waals surface area (Å²) in [7, 11) is 3.24. The summed E-state index contributed by atoms with van der Waals surface area (Å²) in [5, 5.41) is 0.660. The molecule has 1 heterocycles. The lowest BCUT2D eigenvalue weighted by Crippen LogP contribution is -2.28. The Labute approximate surface area is 171 Å². The number of ether oxygens (including phenoxy) is 2. The number of rotatable bonds is 5. The van der Waals surface area contributed by atoms with Gasteiger partial charge in [0, 0.05) is 16.6 Å². The van der Waals surface area contributed by atoms with E-state index in [1.54, 1.807) is 19.1 Å². The summed E-state index contributed by atoms with van der Waals surface area (Å²) in [6.45, 7) is 2.48. The maximum absolute atomic E-state index is 12.8. The number of thioether (sulfide) groups is 1. The van der Waals surface area contributed by atoms with Crippen LogP contribution < -0.4 is 9.47 Å². The average molecular weight is 447 g/mol. The number of nitrogens with zero attached hydrogens (tertiary/aromatic N) is 2. The lowest BCUT2D eigenvalue weighted by Gasteiger charge is -2.12. The van der Waals surface area contributed by atoms with E-state index in [0.29, 0.717) is 22.4 Å². The second-order valence-corrected chi connectivity index (χ2v) is 7.56. The molecule has 0 atom stereocenters. The maximum Gasteiger partial charge on any atom is 0.266 e. The van der Waals surface area contributed by atoms with E-state index in [9.17, 15) is 4.79 Å². The van der Waals surface area contributed by atoms with Gasteiger partial charge in [0.25, 0.3) is 5.91 Å². The summed E-state index contributed by atoms with van der Waals surface area (Å²) >= 11 is 4.82. The van der Waals surface area contributed by atoms with Crippen molar-refractivity contribution in [1.29, 1.82) is 0 Å². The van der Waals surface area contributed by atoms with Crippen LogP contribution in [0.2, 0.25) is 0 Å². The Bertz CT molecular complexity index is 910. The number of hydrogen-bond acceptors (Lipinski definition) is 5. The van der Waals surface area contributed by atoms with E-state index in [2.05, 4.69) is 20.9 Å². The molecule has 0 radical (unpaired) electrons. The molecule has 0 saturated carbocycles. The zero-order valence-corrected chi connectivity index (χ0v) is 17.6. The van der Waals surface area contributed by atoms with E-state index in [0.717, 1.165) is 21.5 Å². The molecule has 0 aliphatic carbocycles. The van der Waals surface area contributed by atoms with Crippen LogP contribution in [0, 0.1) is 0 Å². The minimum absolute atomic E-state index is 0.0585. The summed E-state index contributed by atoms with van der Waals surface area (Å²) in [5.74, 6) is 1.42. The summed E-state index contributed by atoms with van der Waals surface area (Å²) in [6, 6.07) is 13.1. The van der Waals surface area contributed by atoms with Crippen molar-refractivity contribution in [2.24, 2.45) is 4.99 Å². The van der Waals surface area contributed by atoms with Crippen LogP contribution in [-0.4, -0.2) is 36.7 Å². The number of amides is 1. The lowest BCUT2D eigenvalue weighted by molar-refractivity contribution is -0.122. The van der Waals surface area contributed by atoms with Crippen LogP contribution in [0.15, 0.2) is 56.8 Å². The van der Waals surface area contributed by atoms with Crippen LogP contribution in [0.5, 0.6) is 11.5 Å². The van der Waals surface area contributed by atoms with Gasteiger partial charge in [-0.2, -0.15) is 0 Å². The van der Waals surface area contributed by atoms with Gasteiger partial charge < -0.3 is 9.47 Å². The molecule has 0 N–H and O–H groups in total. The molecule has 1 saturated heterocycles. The molecule has 0 unspecified atom stereocenters. The topological polar surface area (TPSA) is 51.1 Å². The number of likely N-dealkylation sites (N-methyl/N-ethyl adjacent to an activating group) is 1. The van der Waals surface area contributed by atoms with Crippen LogP contribution in [-0.2, 0) is 4.79 Å². The van der Waals surface area contributed by atoms with Crippen LogP contribution >= 0.6 is 27.7 Å². The van der Waals surface area contributed by atoms with Gasteiger partial charge in [0.2, 0.25) is 0 Å². The van der Waals surface area contributed by atoms with E-state index in [4.69, 9.17) is 9.47 Å². The van der Waals surface area contributed by atoms with Crippen molar-refractivity contribution in [2.75, 3.05) is 20.8 Å². The Morgan fingerprint density at radius 2 is 1.89 bits per heavy atom. The Morgan fingerprint density at radius 3 is 2.52 bits per heavy atom. The third-order valence-electron chi connectivity index (χ3n) is 3.98. The second-order valence-electron chi connectivity index (χ2n) is 5.64. The van der Waals surface area contributed by atoms with Crippen molar-refractivity contribution in [3.63, 3.8) is 0 Å². The van der Waals surface area contributed by atoms with Gasteiger partial charge in [0.1, 0.15) is 11.5 Å². The molecule has 1 aliphatic rings. The number of halogens is 1. The molecule has 0 aromatic heterocycles. The lowest BCUT2D eigenvalue weighted by atomic mass is 10.2. The van der Waals surface area contributed by atoms with E-state index >= 15 is 0 Å². The first-order valence-electron chi connectivity index (χ1n) is 8.33. The largest absolute Gasteiger partial charge is 0.497 e. The van der Waals surface area contributed by atoms with Gasteiger partial charge in [-0.15, -0.1) is 0 Å². The number of carbonyl (C=O) groups excluding carboxylic acids is 1. The highest BCUT2D eigenvalue weighted by Gasteiger charge is 2.32. The second kappa shape index (κ2) is 8.63. The molecule has 0 bridgehead atoms. The fraction of sp³-hybridized carbons (Fsp3) is 0.200. The minimum atomic E-state index is -0.0585. The number of aliphatic imine (C=N–C) groups is 1. The average Bonchev–Trinajstić information content (AvgIpc) is 2.97. The molecular formula is C20H19BrN2O3S. The van der Waals surface area contributed by atoms with Gasteiger partial charge in [-0.3, -0.25) is 9.69 Å². The van der Waals surface area contributed by atoms with Gasteiger partial charge in [0.05, 0.1) is 24.8 Å². The number of amidine groups is 1. The van der Waals surface area contributed by atoms with Crippen LogP contribution in [0.4, 0.5) is 5.69 Å². The van der Waals surface area contributed by atoms with Crippen molar-refractivity contribution >= 4 is 50.5 Å². The van der Waals surface area contributed by atoms with E-state index in [1.165, 1.54) is 11.8 Å². The first-order chi connectivity index (χ1) is 13.0.